The Kier molecular flexibility index (Phi) is 3.64. The van der Waals surface area contributed by atoms with E-state index in [0.717, 1.165) is 0 Å². The summed E-state index contributed by atoms with van der Waals surface area (Å²) in [4.78, 5) is 0. The summed E-state index contributed by atoms with van der Waals surface area (Å²) >= 11 is 0. The molecule has 1 fully saturated rings. The van der Waals surface area contributed by atoms with Crippen LogP contribution in [-0.4, -0.2) is 21.4 Å². The first-order valence-electron chi connectivity index (χ1n) is 6.70. The number of ether oxygens (including phenoxy) is 2. The van der Waals surface area contributed by atoms with Crippen molar-refractivity contribution in [2.45, 2.75) is 45.6 Å². The van der Waals surface area contributed by atoms with Crippen molar-refractivity contribution in [3.63, 3.8) is 0 Å². The average Bonchev–Trinajstić information content (AvgIpc) is 2.33. The van der Waals surface area contributed by atoms with Gasteiger partial charge in [0.15, 0.2) is 8.32 Å². The normalized spacial score (nSPS) is 29.9. The van der Waals surface area contributed by atoms with E-state index in [2.05, 4.69) is 45.6 Å². The van der Waals surface area contributed by atoms with Gasteiger partial charge in [0, 0.05) is 7.11 Å². The first-order valence-corrected chi connectivity index (χ1v) is 10.1. The third-order valence-corrected chi connectivity index (χ3v) is 4.41. The first-order chi connectivity index (χ1) is 8.72. The summed E-state index contributed by atoms with van der Waals surface area (Å²) in [6, 6.07) is 10.2. The van der Waals surface area contributed by atoms with Crippen molar-refractivity contribution in [2.75, 3.05) is 7.11 Å². The molecule has 2 rings (SSSR count). The van der Waals surface area contributed by atoms with Gasteiger partial charge in [0.1, 0.15) is 6.10 Å². The van der Waals surface area contributed by atoms with Crippen LogP contribution >= 0.6 is 0 Å². The van der Waals surface area contributed by atoms with Gasteiger partial charge in [-0.25, -0.2) is 0 Å². The van der Waals surface area contributed by atoms with Gasteiger partial charge in [-0.3, -0.25) is 0 Å². The molecule has 1 aromatic rings. The van der Waals surface area contributed by atoms with Crippen LogP contribution in [0.2, 0.25) is 19.6 Å². The van der Waals surface area contributed by atoms with Gasteiger partial charge in [0.25, 0.3) is 5.97 Å². The molecule has 0 amide bonds. The third kappa shape index (κ3) is 2.50. The van der Waals surface area contributed by atoms with Gasteiger partial charge in [-0.2, -0.15) is 0 Å². The summed E-state index contributed by atoms with van der Waals surface area (Å²) in [7, 11) is -0.0968. The second-order valence-corrected chi connectivity index (χ2v) is 11.0. The predicted molar refractivity (Wildman–Crippen MR) is 78.2 cm³/mol. The minimum Gasteiger partial charge on any atom is -0.369 e. The van der Waals surface area contributed by atoms with E-state index in [-0.39, 0.29) is 11.5 Å². The molecule has 0 N–H and O–H groups in total. The molecule has 1 aromatic carbocycles. The highest BCUT2D eigenvalue weighted by Gasteiger charge is 2.65. The summed E-state index contributed by atoms with van der Waals surface area (Å²) in [5, 5.41) is 0. The van der Waals surface area contributed by atoms with Crippen LogP contribution in [0.3, 0.4) is 0 Å². The van der Waals surface area contributed by atoms with Gasteiger partial charge >= 0.3 is 0 Å². The summed E-state index contributed by atoms with van der Waals surface area (Å²) in [6.45, 7) is 10.7. The SMILES string of the molecule is CO[C@]1(O[Si](C)(C)C)O[C@@H](c2ccccc2)C1(C)C. The van der Waals surface area contributed by atoms with E-state index < -0.39 is 14.3 Å². The van der Waals surface area contributed by atoms with E-state index in [9.17, 15) is 0 Å². The maximum absolute atomic E-state index is 6.17. The summed E-state index contributed by atoms with van der Waals surface area (Å²) in [6.07, 6.45) is 0.00463. The molecule has 1 heterocycles. The zero-order chi connectivity index (χ0) is 14.3. The van der Waals surface area contributed by atoms with Crippen molar-refractivity contribution < 1.29 is 13.9 Å². The van der Waals surface area contributed by atoms with E-state index in [1.807, 2.05) is 18.2 Å². The topological polar surface area (TPSA) is 27.7 Å². The lowest BCUT2D eigenvalue weighted by molar-refractivity contribution is -0.499. The van der Waals surface area contributed by atoms with E-state index in [0.29, 0.717) is 0 Å². The molecule has 1 aliphatic rings. The molecule has 1 aliphatic heterocycles. The Bertz CT molecular complexity index is 438. The molecule has 0 radical (unpaired) electrons. The van der Waals surface area contributed by atoms with Crippen LogP contribution in [0.1, 0.15) is 25.5 Å². The lowest BCUT2D eigenvalue weighted by Crippen LogP contribution is -2.67. The van der Waals surface area contributed by atoms with Gasteiger partial charge in [0.05, 0.1) is 5.41 Å². The quantitative estimate of drug-likeness (QED) is 0.617. The fraction of sp³-hybridized carbons (Fsp3) is 0.600. The Morgan fingerprint density at radius 1 is 1.11 bits per heavy atom. The van der Waals surface area contributed by atoms with Gasteiger partial charge in [-0.15, -0.1) is 0 Å². The van der Waals surface area contributed by atoms with E-state index in [1.54, 1.807) is 7.11 Å². The van der Waals surface area contributed by atoms with Gasteiger partial charge < -0.3 is 13.9 Å². The van der Waals surface area contributed by atoms with Crippen LogP contribution in [-0.2, 0) is 13.9 Å². The Morgan fingerprint density at radius 2 is 1.68 bits per heavy atom. The molecule has 0 spiro atoms. The average molecular weight is 280 g/mol. The standard InChI is InChI=1S/C15H24O3Si/c1-14(2)13(12-10-8-7-9-11-12)17-15(14,16-3)18-19(4,5)6/h7-11,13H,1-6H3/t13-,15-/m0/s1. The fourth-order valence-electron chi connectivity index (χ4n) is 2.58. The molecule has 19 heavy (non-hydrogen) atoms. The lowest BCUT2D eigenvalue weighted by Gasteiger charge is -2.60. The second kappa shape index (κ2) is 4.70. The molecular formula is C15H24O3Si. The molecule has 0 saturated carbocycles. The van der Waals surface area contributed by atoms with Gasteiger partial charge in [-0.1, -0.05) is 30.3 Å². The Labute approximate surface area is 117 Å². The molecule has 3 nitrogen and oxygen atoms in total. The molecule has 2 atom stereocenters. The van der Waals surface area contributed by atoms with Gasteiger partial charge in [-0.05, 0) is 39.1 Å². The maximum Gasteiger partial charge on any atom is 0.282 e. The smallest absolute Gasteiger partial charge is 0.282 e. The fourth-order valence-corrected chi connectivity index (χ4v) is 3.78. The summed E-state index contributed by atoms with van der Waals surface area (Å²) in [5.41, 5.74) is 0.947. The number of hydrogen-bond donors (Lipinski definition) is 0. The predicted octanol–water partition coefficient (Wildman–Crippen LogP) is 3.94. The highest BCUT2D eigenvalue weighted by Crippen LogP contribution is 2.59. The highest BCUT2D eigenvalue weighted by atomic mass is 28.4. The van der Waals surface area contributed by atoms with Crippen LogP contribution in [0.15, 0.2) is 30.3 Å². The minimum absolute atomic E-state index is 0.00463. The van der Waals surface area contributed by atoms with E-state index in [1.165, 1.54) is 5.56 Å². The van der Waals surface area contributed by atoms with E-state index in [4.69, 9.17) is 13.9 Å². The van der Waals surface area contributed by atoms with Crippen molar-refractivity contribution in [1.82, 2.24) is 0 Å². The monoisotopic (exact) mass is 280 g/mol. The van der Waals surface area contributed by atoms with Crippen molar-refractivity contribution in [3.8, 4) is 0 Å². The van der Waals surface area contributed by atoms with Crippen LogP contribution < -0.4 is 0 Å². The summed E-state index contributed by atoms with van der Waals surface area (Å²) in [5.74, 6) is -0.919. The third-order valence-electron chi connectivity index (χ3n) is 3.53. The molecule has 4 heteroatoms. The molecule has 1 saturated heterocycles. The molecule has 0 unspecified atom stereocenters. The summed E-state index contributed by atoms with van der Waals surface area (Å²) < 4.78 is 17.8. The Morgan fingerprint density at radius 3 is 2.11 bits per heavy atom. The maximum atomic E-state index is 6.17. The highest BCUT2D eigenvalue weighted by molar-refractivity contribution is 6.69. The van der Waals surface area contributed by atoms with Crippen molar-refractivity contribution in [2.24, 2.45) is 5.41 Å². The largest absolute Gasteiger partial charge is 0.369 e. The van der Waals surface area contributed by atoms with Crippen molar-refractivity contribution in [3.05, 3.63) is 35.9 Å². The van der Waals surface area contributed by atoms with Crippen LogP contribution in [0.5, 0.6) is 0 Å². The Hall–Kier alpha value is -0.683. The molecule has 0 bridgehead atoms. The molecular weight excluding hydrogens is 256 g/mol. The zero-order valence-corrected chi connectivity index (χ0v) is 13.7. The number of hydrogen-bond acceptors (Lipinski definition) is 3. The number of rotatable bonds is 4. The minimum atomic E-state index is -1.75. The molecule has 106 valence electrons. The van der Waals surface area contributed by atoms with Crippen molar-refractivity contribution >= 4 is 8.32 Å². The van der Waals surface area contributed by atoms with Crippen LogP contribution in [0.4, 0.5) is 0 Å². The first kappa shape index (κ1) is 14.7. The van der Waals surface area contributed by atoms with E-state index >= 15 is 0 Å². The van der Waals surface area contributed by atoms with Crippen molar-refractivity contribution in [1.29, 1.82) is 0 Å². The molecule has 0 aromatic heterocycles. The Balaban J connectivity index is 2.24. The van der Waals surface area contributed by atoms with Crippen LogP contribution in [0, 0.1) is 5.41 Å². The number of benzene rings is 1. The molecule has 0 aliphatic carbocycles. The second-order valence-electron chi connectivity index (χ2n) is 6.61. The lowest BCUT2D eigenvalue weighted by atomic mass is 9.75. The zero-order valence-electron chi connectivity index (χ0n) is 12.7. The van der Waals surface area contributed by atoms with Gasteiger partial charge in [0.2, 0.25) is 0 Å². The van der Waals surface area contributed by atoms with Crippen LogP contribution in [0.25, 0.3) is 0 Å². The number of methoxy groups -OCH3 is 1.